The first-order chi connectivity index (χ1) is 9.63. The molecule has 1 aliphatic rings. The zero-order valence-corrected chi connectivity index (χ0v) is 13.4. The average Bonchev–Trinajstić information content (AvgIpc) is 2.41. The van der Waals surface area contributed by atoms with Crippen LogP contribution in [-0.2, 0) is 0 Å². The first-order valence-electron chi connectivity index (χ1n) is 8.06. The molecule has 0 saturated heterocycles. The van der Waals surface area contributed by atoms with Crippen LogP contribution in [0.5, 0.6) is 5.75 Å². The summed E-state index contributed by atoms with van der Waals surface area (Å²) in [5.41, 5.74) is 1.29. The van der Waals surface area contributed by atoms with Gasteiger partial charge in [-0.2, -0.15) is 0 Å². The zero-order valence-electron chi connectivity index (χ0n) is 13.4. The van der Waals surface area contributed by atoms with E-state index in [1.807, 2.05) is 7.05 Å². The quantitative estimate of drug-likeness (QED) is 0.850. The Morgan fingerprint density at radius 2 is 1.80 bits per heavy atom. The Labute approximate surface area is 123 Å². The van der Waals surface area contributed by atoms with Gasteiger partial charge < -0.3 is 10.1 Å². The average molecular weight is 275 g/mol. The molecule has 0 bridgehead atoms. The highest BCUT2D eigenvalue weighted by Crippen LogP contribution is 2.34. The number of ether oxygens (including phenoxy) is 1. The molecule has 1 fully saturated rings. The summed E-state index contributed by atoms with van der Waals surface area (Å²) in [7, 11) is 2.02. The topological polar surface area (TPSA) is 21.3 Å². The number of nitrogens with one attached hydrogen (secondary N) is 1. The van der Waals surface area contributed by atoms with E-state index in [2.05, 4.69) is 50.4 Å². The number of hydrogen-bond acceptors (Lipinski definition) is 2. The molecule has 0 radical (unpaired) electrons. The predicted molar refractivity (Wildman–Crippen MR) is 85.1 cm³/mol. The summed E-state index contributed by atoms with van der Waals surface area (Å²) in [4.78, 5) is 0. The van der Waals surface area contributed by atoms with Crippen molar-refractivity contribution in [1.29, 1.82) is 0 Å². The summed E-state index contributed by atoms with van der Waals surface area (Å²) in [6.45, 7) is 6.91. The van der Waals surface area contributed by atoms with Crippen LogP contribution in [0.2, 0.25) is 0 Å². The molecule has 1 aromatic carbocycles. The lowest BCUT2D eigenvalue weighted by atomic mass is 9.82. The van der Waals surface area contributed by atoms with Crippen molar-refractivity contribution >= 4 is 0 Å². The van der Waals surface area contributed by atoms with Crippen LogP contribution in [0.3, 0.4) is 0 Å². The molecular formula is C18H29NO. The summed E-state index contributed by atoms with van der Waals surface area (Å²) in [5, 5.41) is 3.38. The minimum absolute atomic E-state index is 0.379. The van der Waals surface area contributed by atoms with Crippen LogP contribution >= 0.6 is 0 Å². The summed E-state index contributed by atoms with van der Waals surface area (Å²) in [5.74, 6) is 2.63. The molecule has 0 aromatic heterocycles. The number of benzene rings is 1. The molecule has 2 nitrogen and oxygen atoms in total. The first kappa shape index (κ1) is 15.4. The van der Waals surface area contributed by atoms with Gasteiger partial charge >= 0.3 is 0 Å². The summed E-state index contributed by atoms with van der Waals surface area (Å²) in [6, 6.07) is 8.88. The largest absolute Gasteiger partial charge is 0.490 e. The fourth-order valence-electron chi connectivity index (χ4n) is 3.60. The van der Waals surface area contributed by atoms with Crippen LogP contribution in [0, 0.1) is 11.8 Å². The summed E-state index contributed by atoms with van der Waals surface area (Å²) < 4.78 is 6.37. The molecule has 3 atom stereocenters. The smallest absolute Gasteiger partial charge is 0.124 e. The van der Waals surface area contributed by atoms with Gasteiger partial charge in [0.15, 0.2) is 0 Å². The van der Waals surface area contributed by atoms with E-state index in [0.29, 0.717) is 12.1 Å². The Bertz CT molecular complexity index is 404. The molecule has 0 aliphatic heterocycles. The lowest BCUT2D eigenvalue weighted by Gasteiger charge is -2.32. The fourth-order valence-corrected chi connectivity index (χ4v) is 3.60. The third-order valence-corrected chi connectivity index (χ3v) is 4.48. The second-order valence-electron chi connectivity index (χ2n) is 6.44. The van der Waals surface area contributed by atoms with Gasteiger partial charge in [-0.3, -0.25) is 0 Å². The molecule has 0 spiro atoms. The van der Waals surface area contributed by atoms with Crippen LogP contribution in [0.1, 0.15) is 58.1 Å². The molecule has 0 heterocycles. The van der Waals surface area contributed by atoms with Crippen LogP contribution in [0.25, 0.3) is 0 Å². The second kappa shape index (κ2) is 7.12. The number of hydrogen-bond donors (Lipinski definition) is 1. The summed E-state index contributed by atoms with van der Waals surface area (Å²) in [6.07, 6.45) is 5.18. The molecule has 3 unspecified atom stereocenters. The minimum Gasteiger partial charge on any atom is -0.490 e. The maximum atomic E-state index is 6.37. The molecule has 1 aliphatic carbocycles. The van der Waals surface area contributed by atoms with Gasteiger partial charge in [-0.15, -0.1) is 0 Å². The van der Waals surface area contributed by atoms with E-state index in [9.17, 15) is 0 Å². The third kappa shape index (κ3) is 3.76. The van der Waals surface area contributed by atoms with Gasteiger partial charge in [-0.25, -0.2) is 0 Å². The molecule has 1 saturated carbocycles. The molecule has 112 valence electrons. The second-order valence-corrected chi connectivity index (χ2v) is 6.44. The molecule has 20 heavy (non-hydrogen) atoms. The lowest BCUT2D eigenvalue weighted by Crippen LogP contribution is -2.29. The van der Waals surface area contributed by atoms with Crippen LogP contribution in [0.4, 0.5) is 0 Å². The highest BCUT2D eigenvalue weighted by molar-refractivity contribution is 5.36. The Hall–Kier alpha value is -1.02. The van der Waals surface area contributed by atoms with E-state index in [-0.39, 0.29) is 0 Å². The first-order valence-corrected chi connectivity index (χ1v) is 8.06. The van der Waals surface area contributed by atoms with E-state index in [4.69, 9.17) is 4.74 Å². The van der Waals surface area contributed by atoms with Crippen molar-refractivity contribution in [3.05, 3.63) is 29.8 Å². The number of rotatable bonds is 5. The van der Waals surface area contributed by atoms with Gasteiger partial charge in [-0.05, 0) is 50.6 Å². The van der Waals surface area contributed by atoms with E-state index in [1.54, 1.807) is 0 Å². The van der Waals surface area contributed by atoms with E-state index < -0.39 is 0 Å². The van der Waals surface area contributed by atoms with Crippen LogP contribution in [0.15, 0.2) is 24.3 Å². The van der Waals surface area contributed by atoms with Gasteiger partial charge in [0, 0.05) is 11.6 Å². The van der Waals surface area contributed by atoms with Gasteiger partial charge in [0.25, 0.3) is 0 Å². The monoisotopic (exact) mass is 275 g/mol. The normalized spacial score (nSPS) is 28.1. The van der Waals surface area contributed by atoms with Crippen molar-refractivity contribution in [2.45, 2.75) is 58.6 Å². The molecular weight excluding hydrogens is 246 g/mol. The van der Waals surface area contributed by atoms with E-state index in [0.717, 1.165) is 24.0 Å². The minimum atomic E-state index is 0.379. The fraction of sp³-hybridized carbons (Fsp3) is 0.667. The Morgan fingerprint density at radius 3 is 2.40 bits per heavy atom. The van der Waals surface area contributed by atoms with Crippen molar-refractivity contribution in [2.24, 2.45) is 11.8 Å². The predicted octanol–water partition coefficient (Wildman–Crippen LogP) is 4.56. The van der Waals surface area contributed by atoms with Gasteiger partial charge in [-0.1, -0.05) is 39.0 Å². The van der Waals surface area contributed by atoms with Crippen molar-refractivity contribution in [3.63, 3.8) is 0 Å². The number of para-hydroxylation sites is 1. The molecule has 0 amide bonds. The molecule has 1 N–H and O–H groups in total. The third-order valence-electron chi connectivity index (χ3n) is 4.48. The van der Waals surface area contributed by atoms with Gasteiger partial charge in [0.1, 0.15) is 5.75 Å². The van der Waals surface area contributed by atoms with E-state index >= 15 is 0 Å². The standard InChI is InChI=1S/C18H29NO/c1-5-17(19-4)16-8-6-7-9-18(16)20-15-11-13(2)10-14(3)12-15/h6-9,13-15,17,19H,5,10-12H2,1-4H3. The van der Waals surface area contributed by atoms with Crippen molar-refractivity contribution in [2.75, 3.05) is 7.05 Å². The highest BCUT2D eigenvalue weighted by Gasteiger charge is 2.26. The lowest BCUT2D eigenvalue weighted by molar-refractivity contribution is 0.0995. The van der Waals surface area contributed by atoms with Gasteiger partial charge in [0.05, 0.1) is 6.10 Å². The maximum absolute atomic E-state index is 6.37. The van der Waals surface area contributed by atoms with Crippen molar-refractivity contribution < 1.29 is 4.74 Å². The van der Waals surface area contributed by atoms with Crippen LogP contribution in [-0.4, -0.2) is 13.2 Å². The highest BCUT2D eigenvalue weighted by atomic mass is 16.5. The van der Waals surface area contributed by atoms with Crippen molar-refractivity contribution in [1.82, 2.24) is 5.32 Å². The SMILES string of the molecule is CCC(NC)c1ccccc1OC1CC(C)CC(C)C1. The van der Waals surface area contributed by atoms with Crippen molar-refractivity contribution in [3.8, 4) is 5.75 Å². The Morgan fingerprint density at radius 1 is 1.15 bits per heavy atom. The van der Waals surface area contributed by atoms with E-state index in [1.165, 1.54) is 24.8 Å². The Kier molecular flexibility index (Phi) is 5.47. The van der Waals surface area contributed by atoms with Crippen LogP contribution < -0.4 is 10.1 Å². The van der Waals surface area contributed by atoms with Gasteiger partial charge in [0.2, 0.25) is 0 Å². The molecule has 2 rings (SSSR count). The zero-order chi connectivity index (χ0) is 14.5. The molecule has 2 heteroatoms. The Balaban J connectivity index is 2.12. The molecule has 1 aromatic rings. The maximum Gasteiger partial charge on any atom is 0.124 e. The summed E-state index contributed by atoms with van der Waals surface area (Å²) >= 11 is 0.